The molecule has 0 aliphatic rings. The number of carbonyl (C=O) groups excluding carboxylic acids is 1. The van der Waals surface area contributed by atoms with Crippen molar-refractivity contribution in [2.75, 3.05) is 13.7 Å². The number of rotatable bonds is 15. The highest BCUT2D eigenvalue weighted by Gasteiger charge is 2.11. The highest BCUT2D eigenvalue weighted by atomic mass is 16.5. The summed E-state index contributed by atoms with van der Waals surface area (Å²) in [6.07, 6.45) is 11.6. The lowest BCUT2D eigenvalue weighted by atomic mass is 9.91. The molecule has 42 heavy (non-hydrogen) atoms. The molecule has 4 nitrogen and oxygen atoms in total. The Kier molecular flexibility index (Phi) is 12.0. The van der Waals surface area contributed by atoms with E-state index in [-0.39, 0.29) is 11.9 Å². The van der Waals surface area contributed by atoms with Crippen LogP contribution in [0, 0.1) is 17.2 Å². The molecule has 0 fully saturated rings. The van der Waals surface area contributed by atoms with Crippen molar-refractivity contribution >= 4 is 12.0 Å². The lowest BCUT2D eigenvalue weighted by Gasteiger charge is -2.15. The Hall–Kier alpha value is -4.62. The number of unbranched alkanes of at least 4 members (excludes halogenated alkanes) is 2. The molecule has 0 saturated carbocycles. The van der Waals surface area contributed by atoms with Crippen molar-refractivity contribution in [1.29, 1.82) is 5.26 Å². The van der Waals surface area contributed by atoms with Gasteiger partial charge in [-0.2, -0.15) is 5.26 Å². The van der Waals surface area contributed by atoms with Gasteiger partial charge in [-0.25, -0.2) is 4.79 Å². The Morgan fingerprint density at radius 2 is 1.48 bits per heavy atom. The Bertz CT molecular complexity index is 1450. The van der Waals surface area contributed by atoms with Gasteiger partial charge >= 0.3 is 5.97 Å². The fourth-order valence-corrected chi connectivity index (χ4v) is 4.99. The third-order valence-electron chi connectivity index (χ3n) is 7.44. The van der Waals surface area contributed by atoms with E-state index in [1.807, 2.05) is 66.7 Å². The van der Waals surface area contributed by atoms with E-state index < -0.39 is 0 Å². The van der Waals surface area contributed by atoms with Gasteiger partial charge in [0, 0.05) is 5.56 Å². The van der Waals surface area contributed by atoms with Crippen molar-refractivity contribution in [2.45, 2.75) is 44.9 Å². The average molecular weight is 558 g/mol. The predicted octanol–water partition coefficient (Wildman–Crippen LogP) is 8.64. The van der Waals surface area contributed by atoms with E-state index in [1.165, 1.54) is 18.2 Å². The Balaban J connectivity index is 1.38. The number of esters is 1. The highest BCUT2D eigenvalue weighted by Crippen LogP contribution is 2.24. The van der Waals surface area contributed by atoms with Gasteiger partial charge in [-0.1, -0.05) is 84.9 Å². The molecule has 0 spiro atoms. The zero-order valence-corrected chi connectivity index (χ0v) is 24.4. The maximum atomic E-state index is 11.9. The molecule has 214 valence electrons. The molecular weight excluding hydrogens is 518 g/mol. The third kappa shape index (κ3) is 9.78. The molecule has 0 N–H and O–H groups in total. The second kappa shape index (κ2) is 16.6. The molecule has 0 saturated heterocycles. The number of methoxy groups -OCH3 is 1. The van der Waals surface area contributed by atoms with Gasteiger partial charge in [-0.15, -0.1) is 0 Å². The topological polar surface area (TPSA) is 59.3 Å². The molecule has 4 aromatic rings. The third-order valence-corrected chi connectivity index (χ3v) is 7.44. The summed E-state index contributed by atoms with van der Waals surface area (Å²) in [5.74, 6) is 0.854. The molecule has 0 amide bonds. The number of para-hydroxylation sites is 1. The van der Waals surface area contributed by atoms with Crippen LogP contribution in [0.15, 0.2) is 109 Å². The van der Waals surface area contributed by atoms with E-state index >= 15 is 0 Å². The van der Waals surface area contributed by atoms with E-state index in [1.54, 1.807) is 0 Å². The number of benzene rings is 4. The number of aryl methyl sites for hydroxylation is 2. The van der Waals surface area contributed by atoms with Crippen LogP contribution in [-0.2, 0) is 24.0 Å². The Morgan fingerprint density at radius 3 is 2.21 bits per heavy atom. The lowest BCUT2D eigenvalue weighted by Crippen LogP contribution is -2.05. The molecule has 0 aromatic heterocycles. The van der Waals surface area contributed by atoms with Crippen LogP contribution in [-0.4, -0.2) is 19.7 Å². The molecule has 0 aliphatic heterocycles. The minimum absolute atomic E-state index is 0.274. The number of carbonyl (C=O) groups is 1. The van der Waals surface area contributed by atoms with Crippen LogP contribution in [0.3, 0.4) is 0 Å². The normalized spacial score (nSPS) is 11.6. The summed E-state index contributed by atoms with van der Waals surface area (Å²) in [5.41, 5.74) is 6.07. The molecular formula is C38H39NO3. The first-order valence-corrected chi connectivity index (χ1v) is 14.7. The van der Waals surface area contributed by atoms with Crippen molar-refractivity contribution in [1.82, 2.24) is 0 Å². The molecule has 1 unspecified atom stereocenters. The van der Waals surface area contributed by atoms with E-state index in [0.717, 1.165) is 61.8 Å². The van der Waals surface area contributed by atoms with E-state index in [9.17, 15) is 4.79 Å². The van der Waals surface area contributed by atoms with Gasteiger partial charge in [0.05, 0.1) is 30.9 Å². The van der Waals surface area contributed by atoms with Gasteiger partial charge in [0.1, 0.15) is 5.75 Å². The van der Waals surface area contributed by atoms with Crippen molar-refractivity contribution in [3.05, 3.63) is 143 Å². The first-order chi connectivity index (χ1) is 20.6. The number of ether oxygens (including phenoxy) is 2. The zero-order valence-electron chi connectivity index (χ0n) is 24.4. The smallest absolute Gasteiger partial charge is 0.337 e. The van der Waals surface area contributed by atoms with Crippen LogP contribution < -0.4 is 4.74 Å². The zero-order chi connectivity index (χ0) is 29.4. The van der Waals surface area contributed by atoms with Crippen molar-refractivity contribution < 1.29 is 14.3 Å². The molecule has 0 heterocycles. The summed E-state index contributed by atoms with van der Waals surface area (Å²) >= 11 is 0. The fraction of sp³-hybridized carbons (Fsp3) is 0.263. The molecule has 4 aromatic carbocycles. The Morgan fingerprint density at radius 1 is 0.786 bits per heavy atom. The monoisotopic (exact) mass is 557 g/mol. The van der Waals surface area contributed by atoms with Crippen LogP contribution in [0.5, 0.6) is 5.75 Å². The highest BCUT2D eigenvalue weighted by molar-refractivity contribution is 5.89. The largest absolute Gasteiger partial charge is 0.493 e. The van der Waals surface area contributed by atoms with Gasteiger partial charge < -0.3 is 9.47 Å². The maximum absolute atomic E-state index is 11.9. The number of allylic oxidation sites excluding steroid dienone is 1. The predicted molar refractivity (Wildman–Crippen MR) is 169 cm³/mol. The van der Waals surface area contributed by atoms with Gasteiger partial charge in [-0.05, 0) is 97.9 Å². The number of nitrogens with zero attached hydrogens (tertiary/aromatic N) is 1. The van der Waals surface area contributed by atoms with Crippen molar-refractivity contribution in [3.63, 3.8) is 0 Å². The minimum atomic E-state index is -0.327. The lowest BCUT2D eigenvalue weighted by molar-refractivity contribution is 0.0600. The molecule has 1 atom stereocenters. The van der Waals surface area contributed by atoms with Crippen molar-refractivity contribution in [3.8, 4) is 11.8 Å². The second-order valence-corrected chi connectivity index (χ2v) is 10.5. The van der Waals surface area contributed by atoms with Gasteiger partial charge in [0.25, 0.3) is 0 Å². The van der Waals surface area contributed by atoms with Crippen LogP contribution in [0.2, 0.25) is 0 Å². The van der Waals surface area contributed by atoms with Crippen molar-refractivity contribution in [2.24, 2.45) is 5.92 Å². The quantitative estimate of drug-likeness (QED) is 0.108. The first kappa shape index (κ1) is 30.3. The molecule has 4 heteroatoms. The summed E-state index contributed by atoms with van der Waals surface area (Å²) in [7, 11) is 1.40. The number of hydrogen-bond donors (Lipinski definition) is 0. The maximum Gasteiger partial charge on any atom is 0.337 e. The van der Waals surface area contributed by atoms with Crippen LogP contribution in [0.1, 0.15) is 63.9 Å². The van der Waals surface area contributed by atoms with E-state index in [0.29, 0.717) is 17.7 Å². The number of hydrogen-bond acceptors (Lipinski definition) is 4. The Labute approximate surface area is 250 Å². The SMILES string of the molecule is COC(=O)c1ccc(CC(/C=C\c2ccccc2OCCCCCc2ccccc2)CCc2ccc(C#N)cc2)cc1. The average Bonchev–Trinajstić information content (AvgIpc) is 3.05. The standard InChI is InChI=1S/C38H39NO3/c1-41-38(40)36-25-22-33(23-26-36)28-32(18-15-31-16-19-34(29-39)20-17-31)21-24-35-13-7-8-14-37(35)42-27-9-3-6-12-30-10-4-2-5-11-30/h2,4-5,7-8,10-11,13-14,16-17,19-26,32H,3,6,9,12,15,18,27-28H2,1H3/b24-21-. The van der Waals surface area contributed by atoms with Gasteiger partial charge in [0.2, 0.25) is 0 Å². The summed E-state index contributed by atoms with van der Waals surface area (Å²) in [6, 6.07) is 36.5. The molecule has 0 bridgehead atoms. The summed E-state index contributed by atoms with van der Waals surface area (Å²) < 4.78 is 11.1. The number of nitriles is 1. The van der Waals surface area contributed by atoms with Crippen LogP contribution in [0.25, 0.3) is 6.08 Å². The van der Waals surface area contributed by atoms with Gasteiger partial charge in [0.15, 0.2) is 0 Å². The first-order valence-electron chi connectivity index (χ1n) is 14.7. The van der Waals surface area contributed by atoms with Crippen LogP contribution in [0.4, 0.5) is 0 Å². The van der Waals surface area contributed by atoms with E-state index in [4.69, 9.17) is 14.7 Å². The summed E-state index contributed by atoms with van der Waals surface area (Å²) in [4.78, 5) is 11.9. The molecule has 0 radical (unpaired) electrons. The molecule has 0 aliphatic carbocycles. The minimum Gasteiger partial charge on any atom is -0.493 e. The van der Waals surface area contributed by atoms with Crippen LogP contribution >= 0.6 is 0 Å². The summed E-state index contributed by atoms with van der Waals surface area (Å²) in [6.45, 7) is 0.703. The second-order valence-electron chi connectivity index (χ2n) is 10.5. The van der Waals surface area contributed by atoms with E-state index in [2.05, 4.69) is 54.6 Å². The molecule has 4 rings (SSSR count). The fourth-order valence-electron chi connectivity index (χ4n) is 4.99. The summed E-state index contributed by atoms with van der Waals surface area (Å²) in [5, 5.41) is 9.12. The van der Waals surface area contributed by atoms with Gasteiger partial charge in [-0.3, -0.25) is 0 Å².